The summed E-state index contributed by atoms with van der Waals surface area (Å²) in [5.41, 5.74) is 2.80. The fourth-order valence-corrected chi connectivity index (χ4v) is 4.68. The summed E-state index contributed by atoms with van der Waals surface area (Å²) in [6.07, 6.45) is 3.28. The molecule has 0 saturated heterocycles. The van der Waals surface area contributed by atoms with Crippen molar-refractivity contribution in [2.24, 2.45) is 0 Å². The van der Waals surface area contributed by atoms with Gasteiger partial charge in [-0.15, -0.1) is 0 Å². The number of aromatic nitrogens is 2. The smallest absolute Gasteiger partial charge is 0.261 e. The molecule has 2 aliphatic rings. The van der Waals surface area contributed by atoms with Crippen molar-refractivity contribution in [3.63, 3.8) is 0 Å². The number of ketones is 1. The van der Waals surface area contributed by atoms with Crippen molar-refractivity contribution >= 4 is 46.4 Å². The van der Waals surface area contributed by atoms with Gasteiger partial charge in [0.2, 0.25) is 0 Å². The molecule has 0 fully saturated rings. The topological polar surface area (TPSA) is 76.0 Å². The van der Waals surface area contributed by atoms with Crippen LogP contribution in [0.2, 0.25) is 10.0 Å². The number of carbonyl (C=O) groups is 2. The third-order valence-electron chi connectivity index (χ3n) is 5.64. The summed E-state index contributed by atoms with van der Waals surface area (Å²) in [5.74, 6) is -0.309. The highest BCUT2D eigenvalue weighted by Crippen LogP contribution is 2.43. The number of Topliss-reactive ketones (excluding diaryl/α,β-unsaturated/α-hetero) is 1. The van der Waals surface area contributed by atoms with Crippen molar-refractivity contribution in [2.75, 3.05) is 10.6 Å². The second-order valence-electron chi connectivity index (χ2n) is 7.67. The summed E-state index contributed by atoms with van der Waals surface area (Å²) in [6, 6.07) is 10.0. The fourth-order valence-electron chi connectivity index (χ4n) is 4.17. The van der Waals surface area contributed by atoms with E-state index in [0.29, 0.717) is 51.1 Å². The van der Waals surface area contributed by atoms with Gasteiger partial charge in [-0.1, -0.05) is 29.3 Å². The molecule has 0 unspecified atom stereocenters. The Kier molecular flexibility index (Phi) is 5.23. The third-order valence-corrected chi connectivity index (χ3v) is 6.21. The van der Waals surface area contributed by atoms with Gasteiger partial charge in [0, 0.05) is 39.0 Å². The van der Waals surface area contributed by atoms with E-state index in [1.54, 1.807) is 22.9 Å². The van der Waals surface area contributed by atoms with Crippen LogP contribution < -0.4 is 10.6 Å². The number of halogens is 3. The molecule has 3 aromatic rings. The van der Waals surface area contributed by atoms with E-state index in [-0.39, 0.29) is 5.78 Å². The number of benzene rings is 2. The number of amides is 1. The molecule has 2 heterocycles. The maximum atomic E-state index is 13.2. The van der Waals surface area contributed by atoms with Crippen LogP contribution in [0.25, 0.3) is 0 Å². The zero-order valence-electron chi connectivity index (χ0n) is 16.7. The van der Waals surface area contributed by atoms with E-state index in [1.165, 1.54) is 30.5 Å². The van der Waals surface area contributed by atoms with E-state index in [4.69, 9.17) is 23.2 Å². The first-order chi connectivity index (χ1) is 15.4. The maximum Gasteiger partial charge on any atom is 0.261 e. The molecule has 1 aliphatic carbocycles. The van der Waals surface area contributed by atoms with Crippen LogP contribution in [-0.2, 0) is 4.79 Å². The number of fused-ring (bicyclic) bond motifs is 1. The molecule has 2 aromatic carbocycles. The summed E-state index contributed by atoms with van der Waals surface area (Å²) < 4.78 is 14.8. The molecule has 1 amide bonds. The first-order valence-electron chi connectivity index (χ1n) is 10.0. The predicted octanol–water partition coefficient (Wildman–Crippen LogP) is 5.60. The summed E-state index contributed by atoms with van der Waals surface area (Å²) in [7, 11) is 0. The molecule has 9 heteroatoms. The van der Waals surface area contributed by atoms with Gasteiger partial charge in [-0.25, -0.2) is 9.07 Å². The number of nitrogens with one attached hydrogen (secondary N) is 2. The molecule has 1 aromatic heterocycles. The summed E-state index contributed by atoms with van der Waals surface area (Å²) in [5, 5.41) is 11.3. The standard InChI is InChI=1S/C23H17Cl2FN4O2/c24-12-4-9-15(17(25)10-12)21-20-18(2-1-3-19(20)31)29-22-16(11-27-30(21)22)23(32)28-14-7-5-13(26)6-8-14/h4-11,21,29H,1-3H2,(H,28,32)/t21-/m1/s1. The summed E-state index contributed by atoms with van der Waals surface area (Å²) in [4.78, 5) is 25.9. The van der Waals surface area contributed by atoms with Crippen LogP contribution in [0, 0.1) is 5.82 Å². The maximum absolute atomic E-state index is 13.2. The lowest BCUT2D eigenvalue weighted by atomic mass is 9.85. The molecule has 0 radical (unpaired) electrons. The SMILES string of the molecule is O=C1CCCC2=C1[C@@H](c1ccc(Cl)cc1Cl)n1ncc(C(=O)Nc3ccc(F)cc3)c1N2. The van der Waals surface area contributed by atoms with Crippen molar-refractivity contribution in [3.8, 4) is 0 Å². The minimum absolute atomic E-state index is 0.0215. The van der Waals surface area contributed by atoms with Crippen molar-refractivity contribution in [1.29, 1.82) is 0 Å². The Morgan fingerprint density at radius 2 is 1.94 bits per heavy atom. The molecule has 6 nitrogen and oxygen atoms in total. The Bertz CT molecular complexity index is 1280. The van der Waals surface area contributed by atoms with Crippen molar-refractivity contribution in [2.45, 2.75) is 25.3 Å². The third kappa shape index (κ3) is 3.57. The van der Waals surface area contributed by atoms with Crippen LogP contribution in [0.15, 0.2) is 59.9 Å². The normalized spacial score (nSPS) is 17.5. The quantitative estimate of drug-likeness (QED) is 0.521. The van der Waals surface area contributed by atoms with Crippen LogP contribution in [0.1, 0.15) is 41.2 Å². The lowest BCUT2D eigenvalue weighted by Crippen LogP contribution is -2.32. The number of nitrogens with zero attached hydrogens (tertiary/aromatic N) is 2. The Morgan fingerprint density at radius 3 is 2.69 bits per heavy atom. The van der Waals surface area contributed by atoms with Crippen LogP contribution in [0.3, 0.4) is 0 Å². The Balaban J connectivity index is 1.59. The highest BCUT2D eigenvalue weighted by atomic mass is 35.5. The van der Waals surface area contributed by atoms with Crippen LogP contribution in [0.4, 0.5) is 15.9 Å². The van der Waals surface area contributed by atoms with Gasteiger partial charge in [-0.2, -0.15) is 5.10 Å². The number of hydrogen-bond donors (Lipinski definition) is 2. The molecule has 0 spiro atoms. The fraction of sp³-hybridized carbons (Fsp3) is 0.174. The van der Waals surface area contributed by atoms with E-state index < -0.39 is 17.8 Å². The Morgan fingerprint density at radius 1 is 1.16 bits per heavy atom. The summed E-state index contributed by atoms with van der Waals surface area (Å²) >= 11 is 12.6. The largest absolute Gasteiger partial charge is 0.343 e. The zero-order chi connectivity index (χ0) is 22.4. The van der Waals surface area contributed by atoms with Gasteiger partial charge in [0.25, 0.3) is 5.91 Å². The van der Waals surface area contributed by atoms with Crippen molar-refractivity contribution in [1.82, 2.24) is 9.78 Å². The molecule has 162 valence electrons. The monoisotopic (exact) mass is 470 g/mol. The average molecular weight is 471 g/mol. The lowest BCUT2D eigenvalue weighted by molar-refractivity contribution is -0.116. The van der Waals surface area contributed by atoms with E-state index >= 15 is 0 Å². The number of carbonyl (C=O) groups excluding carboxylic acids is 2. The summed E-state index contributed by atoms with van der Waals surface area (Å²) in [6.45, 7) is 0. The number of rotatable bonds is 3. The number of hydrogen-bond acceptors (Lipinski definition) is 4. The van der Waals surface area contributed by atoms with Gasteiger partial charge in [0.1, 0.15) is 23.2 Å². The van der Waals surface area contributed by atoms with E-state index in [0.717, 1.165) is 12.1 Å². The van der Waals surface area contributed by atoms with Gasteiger partial charge < -0.3 is 10.6 Å². The average Bonchev–Trinajstić information content (AvgIpc) is 3.18. The first-order valence-corrected chi connectivity index (χ1v) is 10.8. The van der Waals surface area contributed by atoms with Gasteiger partial charge in [-0.05, 0) is 49.2 Å². The minimum Gasteiger partial charge on any atom is -0.343 e. The molecule has 2 N–H and O–H groups in total. The second-order valence-corrected chi connectivity index (χ2v) is 8.52. The molecule has 5 rings (SSSR count). The first kappa shape index (κ1) is 20.7. The van der Waals surface area contributed by atoms with Crippen molar-refractivity contribution in [3.05, 3.63) is 86.9 Å². The Hall–Kier alpha value is -3.16. The molecular formula is C23H17Cl2FN4O2. The highest BCUT2D eigenvalue weighted by Gasteiger charge is 2.38. The van der Waals surface area contributed by atoms with Gasteiger partial charge in [-0.3, -0.25) is 9.59 Å². The molecule has 1 atom stereocenters. The predicted molar refractivity (Wildman–Crippen MR) is 121 cm³/mol. The van der Waals surface area contributed by atoms with E-state index in [2.05, 4.69) is 15.7 Å². The van der Waals surface area contributed by atoms with E-state index in [9.17, 15) is 14.0 Å². The van der Waals surface area contributed by atoms with Crippen LogP contribution in [0.5, 0.6) is 0 Å². The number of anilines is 2. The molecule has 1 aliphatic heterocycles. The second kappa shape index (κ2) is 8.07. The molecule has 0 bridgehead atoms. The van der Waals surface area contributed by atoms with Gasteiger partial charge >= 0.3 is 0 Å². The van der Waals surface area contributed by atoms with Gasteiger partial charge in [0.05, 0.1) is 6.20 Å². The molecular weight excluding hydrogens is 454 g/mol. The van der Waals surface area contributed by atoms with Crippen LogP contribution >= 0.6 is 23.2 Å². The van der Waals surface area contributed by atoms with Gasteiger partial charge in [0.15, 0.2) is 5.78 Å². The molecule has 32 heavy (non-hydrogen) atoms. The lowest BCUT2D eigenvalue weighted by Gasteiger charge is -2.33. The van der Waals surface area contributed by atoms with Crippen molar-refractivity contribution < 1.29 is 14.0 Å². The minimum atomic E-state index is -0.578. The Labute approximate surface area is 193 Å². The van der Waals surface area contributed by atoms with E-state index in [1.807, 2.05) is 0 Å². The molecule has 0 saturated carbocycles. The highest BCUT2D eigenvalue weighted by molar-refractivity contribution is 6.35. The number of allylic oxidation sites excluding steroid dienone is 2. The van der Waals surface area contributed by atoms with Crippen LogP contribution in [-0.4, -0.2) is 21.5 Å². The zero-order valence-corrected chi connectivity index (χ0v) is 18.2.